The van der Waals surface area contributed by atoms with Crippen molar-refractivity contribution in [1.82, 2.24) is 10.2 Å². The third-order valence-corrected chi connectivity index (χ3v) is 3.81. The van der Waals surface area contributed by atoms with Crippen molar-refractivity contribution >= 4 is 11.9 Å². The normalized spacial score (nSPS) is 42.4. The van der Waals surface area contributed by atoms with Gasteiger partial charge >= 0.3 is 0 Å². The molecule has 8 heteroatoms. The number of rotatable bonds is 0. The summed E-state index contributed by atoms with van der Waals surface area (Å²) in [4.78, 5) is 10.1. The van der Waals surface area contributed by atoms with E-state index in [9.17, 15) is 10.2 Å². The SMILES string of the molecule is C[C@H]1N=C(N)N2CCC(O)(O)C23NC(N)=N[C@@H]13. The van der Waals surface area contributed by atoms with Gasteiger partial charge in [0.25, 0.3) is 0 Å². The maximum absolute atomic E-state index is 10.2. The van der Waals surface area contributed by atoms with Crippen LogP contribution in [0.2, 0.25) is 0 Å². The largest absolute Gasteiger partial charge is 0.370 e. The van der Waals surface area contributed by atoms with Crippen LogP contribution in [0.5, 0.6) is 0 Å². The zero-order valence-electron chi connectivity index (χ0n) is 9.46. The van der Waals surface area contributed by atoms with Gasteiger partial charge in [0.1, 0.15) is 6.04 Å². The van der Waals surface area contributed by atoms with Crippen LogP contribution in [0.25, 0.3) is 0 Å². The molecule has 8 nitrogen and oxygen atoms in total. The van der Waals surface area contributed by atoms with Gasteiger partial charge in [0, 0.05) is 13.0 Å². The molecule has 0 aliphatic carbocycles. The molecule has 94 valence electrons. The Morgan fingerprint density at radius 2 is 2.12 bits per heavy atom. The van der Waals surface area contributed by atoms with Crippen LogP contribution < -0.4 is 16.8 Å². The van der Waals surface area contributed by atoms with Crippen LogP contribution in [-0.4, -0.2) is 57.1 Å². The molecule has 1 spiro atoms. The van der Waals surface area contributed by atoms with Gasteiger partial charge < -0.3 is 31.9 Å². The Bertz CT molecular complexity index is 433. The lowest BCUT2D eigenvalue weighted by Gasteiger charge is -2.48. The number of nitrogens with one attached hydrogen (secondary N) is 1. The Morgan fingerprint density at radius 1 is 1.41 bits per heavy atom. The minimum absolute atomic E-state index is 0.169. The molecule has 3 atom stereocenters. The van der Waals surface area contributed by atoms with E-state index in [1.807, 2.05) is 6.92 Å². The predicted octanol–water partition coefficient (Wildman–Crippen LogP) is -2.93. The highest BCUT2D eigenvalue weighted by Crippen LogP contribution is 2.44. The molecule has 3 rings (SSSR count). The lowest BCUT2D eigenvalue weighted by atomic mass is 9.87. The Labute approximate surface area is 98.0 Å². The van der Waals surface area contributed by atoms with E-state index >= 15 is 0 Å². The van der Waals surface area contributed by atoms with Crippen molar-refractivity contribution in [3.8, 4) is 0 Å². The van der Waals surface area contributed by atoms with Crippen molar-refractivity contribution in [3.05, 3.63) is 0 Å². The van der Waals surface area contributed by atoms with Crippen LogP contribution >= 0.6 is 0 Å². The summed E-state index contributed by atoms with van der Waals surface area (Å²) in [5.74, 6) is -1.46. The Morgan fingerprint density at radius 3 is 2.82 bits per heavy atom. The number of hydrogen-bond donors (Lipinski definition) is 5. The van der Waals surface area contributed by atoms with Gasteiger partial charge in [0.05, 0.1) is 6.04 Å². The van der Waals surface area contributed by atoms with Crippen molar-refractivity contribution in [3.63, 3.8) is 0 Å². The average molecular weight is 240 g/mol. The number of aliphatic hydroxyl groups is 2. The highest BCUT2D eigenvalue weighted by atomic mass is 16.5. The molecule has 0 aromatic rings. The first-order chi connectivity index (χ1) is 7.88. The summed E-state index contributed by atoms with van der Waals surface area (Å²) in [6.45, 7) is 2.23. The van der Waals surface area contributed by atoms with E-state index in [1.54, 1.807) is 4.90 Å². The number of nitrogens with zero attached hydrogens (tertiary/aromatic N) is 3. The van der Waals surface area contributed by atoms with E-state index in [2.05, 4.69) is 15.3 Å². The highest BCUT2D eigenvalue weighted by molar-refractivity contribution is 5.87. The fourth-order valence-corrected chi connectivity index (χ4v) is 3.06. The van der Waals surface area contributed by atoms with Crippen LogP contribution in [0, 0.1) is 0 Å². The molecule has 0 amide bonds. The van der Waals surface area contributed by atoms with Crippen molar-refractivity contribution in [1.29, 1.82) is 0 Å². The van der Waals surface area contributed by atoms with Crippen molar-refractivity contribution in [2.75, 3.05) is 6.54 Å². The van der Waals surface area contributed by atoms with Crippen molar-refractivity contribution in [2.24, 2.45) is 21.5 Å². The minimum Gasteiger partial charge on any atom is -0.370 e. The first-order valence-corrected chi connectivity index (χ1v) is 5.55. The van der Waals surface area contributed by atoms with Gasteiger partial charge in [-0.05, 0) is 6.92 Å². The molecule has 1 saturated heterocycles. The smallest absolute Gasteiger partial charge is 0.210 e. The molecular formula is C9H16N6O2. The summed E-state index contributed by atoms with van der Waals surface area (Å²) in [7, 11) is 0. The third kappa shape index (κ3) is 1.04. The topological polar surface area (TPSA) is 132 Å². The second-order valence-corrected chi connectivity index (χ2v) is 4.80. The monoisotopic (exact) mass is 240 g/mol. The standard InChI is InChI=1S/C9H16N6O2/c1-4-5-9(14-6(10)13-5)8(16,17)2-3-15(9)7(11)12-4/h4-5,16-17H,2-3H2,1H3,(H2,11,12)(H3,10,13,14)/t4-,5+,9?/m1/s1. The zero-order valence-corrected chi connectivity index (χ0v) is 9.46. The molecule has 3 aliphatic heterocycles. The number of hydrogen-bond acceptors (Lipinski definition) is 8. The summed E-state index contributed by atoms with van der Waals surface area (Å²) >= 11 is 0. The summed E-state index contributed by atoms with van der Waals surface area (Å²) < 4.78 is 0. The minimum atomic E-state index is -1.93. The fourth-order valence-electron chi connectivity index (χ4n) is 3.06. The molecule has 0 radical (unpaired) electrons. The van der Waals surface area contributed by atoms with E-state index in [0.29, 0.717) is 6.54 Å². The van der Waals surface area contributed by atoms with Crippen LogP contribution in [0.3, 0.4) is 0 Å². The fraction of sp³-hybridized carbons (Fsp3) is 0.778. The highest BCUT2D eigenvalue weighted by Gasteiger charge is 2.68. The lowest BCUT2D eigenvalue weighted by molar-refractivity contribution is -0.220. The van der Waals surface area contributed by atoms with Gasteiger partial charge in [-0.25, -0.2) is 9.98 Å². The quantitative estimate of drug-likeness (QED) is 0.288. The summed E-state index contributed by atoms with van der Waals surface area (Å²) in [6.07, 6.45) is 0.169. The first-order valence-electron chi connectivity index (χ1n) is 5.55. The third-order valence-electron chi connectivity index (χ3n) is 3.81. The van der Waals surface area contributed by atoms with Gasteiger partial charge in [0.2, 0.25) is 5.79 Å². The van der Waals surface area contributed by atoms with Crippen molar-refractivity contribution in [2.45, 2.75) is 36.9 Å². The Balaban J connectivity index is 2.16. The molecule has 0 saturated carbocycles. The molecule has 7 N–H and O–H groups in total. The van der Waals surface area contributed by atoms with E-state index in [0.717, 1.165) is 0 Å². The van der Waals surface area contributed by atoms with Gasteiger partial charge in [-0.1, -0.05) is 0 Å². The maximum atomic E-state index is 10.2. The summed E-state index contributed by atoms with van der Waals surface area (Å²) in [5.41, 5.74) is 10.3. The zero-order chi connectivity index (χ0) is 12.4. The van der Waals surface area contributed by atoms with E-state index in [4.69, 9.17) is 11.5 Å². The maximum Gasteiger partial charge on any atom is 0.210 e. The number of guanidine groups is 2. The molecule has 1 fully saturated rings. The van der Waals surface area contributed by atoms with Crippen LogP contribution in [0.4, 0.5) is 0 Å². The number of nitrogens with two attached hydrogens (primary N) is 2. The van der Waals surface area contributed by atoms with Gasteiger partial charge in [-0.15, -0.1) is 0 Å². The van der Waals surface area contributed by atoms with E-state index < -0.39 is 17.5 Å². The molecule has 3 aliphatic rings. The van der Waals surface area contributed by atoms with Gasteiger partial charge in [-0.2, -0.15) is 0 Å². The molecule has 0 bridgehead atoms. The Kier molecular flexibility index (Phi) is 1.76. The second-order valence-electron chi connectivity index (χ2n) is 4.80. The molecule has 3 heterocycles. The summed E-state index contributed by atoms with van der Waals surface area (Å²) in [5, 5.41) is 23.3. The summed E-state index contributed by atoms with van der Waals surface area (Å²) in [6, 6.07) is -0.705. The van der Waals surface area contributed by atoms with Crippen molar-refractivity contribution < 1.29 is 10.2 Å². The predicted molar refractivity (Wildman–Crippen MR) is 60.9 cm³/mol. The van der Waals surface area contributed by atoms with E-state index in [-0.39, 0.29) is 24.4 Å². The van der Waals surface area contributed by atoms with Crippen LogP contribution in [0.1, 0.15) is 13.3 Å². The second kappa shape index (κ2) is 2.82. The molecule has 17 heavy (non-hydrogen) atoms. The number of aliphatic imine (C=N–C) groups is 2. The van der Waals surface area contributed by atoms with Gasteiger partial charge in [0.15, 0.2) is 17.6 Å². The van der Waals surface area contributed by atoms with Crippen LogP contribution in [-0.2, 0) is 0 Å². The van der Waals surface area contributed by atoms with Crippen LogP contribution in [0.15, 0.2) is 9.98 Å². The first kappa shape index (κ1) is 10.6. The molecule has 1 unspecified atom stereocenters. The molecule has 0 aromatic heterocycles. The van der Waals surface area contributed by atoms with Gasteiger partial charge in [-0.3, -0.25) is 0 Å². The van der Waals surface area contributed by atoms with E-state index in [1.165, 1.54) is 0 Å². The molecular weight excluding hydrogens is 224 g/mol. The molecule has 0 aromatic carbocycles. The lowest BCUT2D eigenvalue weighted by Crippen LogP contribution is -2.76. The Hall–Kier alpha value is -1.54. The average Bonchev–Trinajstić information content (AvgIpc) is 2.68.